The molecule has 1 unspecified atom stereocenters. The van der Waals surface area contributed by atoms with Crippen LogP contribution in [0.4, 0.5) is 4.39 Å². The summed E-state index contributed by atoms with van der Waals surface area (Å²) in [5.74, 6) is 1.78. The molecule has 0 aliphatic heterocycles. The molecule has 0 fully saturated rings. The molecule has 1 atom stereocenters. The van der Waals surface area contributed by atoms with E-state index in [0.29, 0.717) is 12.2 Å². The lowest BCUT2D eigenvalue weighted by Crippen LogP contribution is -2.12. The standard InChI is InChI=1S/C30H47FN2OS/c1-3-5-7-9-10-11-12-13-14-16-22-35-30-32-23-27(24-33-30)26-18-20-29(21-19-26)34-25-28(31)17-15-8-6-4-2/h18-21,23-24,28H,3-17,22,25H2,1-2H3. The highest BCUT2D eigenvalue weighted by Crippen LogP contribution is 2.24. The maximum absolute atomic E-state index is 14.0. The maximum atomic E-state index is 14.0. The maximum Gasteiger partial charge on any atom is 0.187 e. The average Bonchev–Trinajstić information content (AvgIpc) is 2.89. The van der Waals surface area contributed by atoms with Crippen molar-refractivity contribution in [1.82, 2.24) is 9.97 Å². The van der Waals surface area contributed by atoms with Gasteiger partial charge in [-0.2, -0.15) is 0 Å². The van der Waals surface area contributed by atoms with Crippen LogP contribution in [-0.4, -0.2) is 28.5 Å². The van der Waals surface area contributed by atoms with Crippen LogP contribution in [0.25, 0.3) is 11.1 Å². The second-order valence-electron chi connectivity index (χ2n) is 9.57. The quantitative estimate of drug-likeness (QED) is 0.0966. The van der Waals surface area contributed by atoms with Crippen LogP contribution < -0.4 is 4.74 Å². The third-order valence-electron chi connectivity index (χ3n) is 6.35. The van der Waals surface area contributed by atoms with Crippen molar-refractivity contribution in [3.63, 3.8) is 0 Å². The van der Waals surface area contributed by atoms with Crippen LogP contribution in [0.3, 0.4) is 0 Å². The molecule has 0 N–H and O–H groups in total. The van der Waals surface area contributed by atoms with Crippen molar-refractivity contribution in [2.75, 3.05) is 12.4 Å². The van der Waals surface area contributed by atoms with Crippen LogP contribution in [0, 0.1) is 0 Å². The Morgan fingerprint density at radius 1 is 0.714 bits per heavy atom. The van der Waals surface area contributed by atoms with E-state index in [-0.39, 0.29) is 6.61 Å². The smallest absolute Gasteiger partial charge is 0.187 e. The summed E-state index contributed by atoms with van der Waals surface area (Å²) < 4.78 is 19.6. The summed E-state index contributed by atoms with van der Waals surface area (Å²) in [6.45, 7) is 4.56. The van der Waals surface area contributed by atoms with Gasteiger partial charge in [-0.3, -0.25) is 0 Å². The third kappa shape index (κ3) is 13.9. The topological polar surface area (TPSA) is 35.0 Å². The van der Waals surface area contributed by atoms with Gasteiger partial charge in [0.25, 0.3) is 0 Å². The van der Waals surface area contributed by atoms with Crippen LogP contribution >= 0.6 is 11.8 Å². The number of alkyl halides is 1. The zero-order valence-corrected chi connectivity index (χ0v) is 23.0. The van der Waals surface area contributed by atoms with E-state index >= 15 is 0 Å². The fourth-order valence-electron chi connectivity index (χ4n) is 4.10. The second-order valence-corrected chi connectivity index (χ2v) is 10.6. The number of hydrogen-bond acceptors (Lipinski definition) is 4. The molecule has 35 heavy (non-hydrogen) atoms. The van der Waals surface area contributed by atoms with Crippen molar-refractivity contribution in [3.05, 3.63) is 36.7 Å². The lowest BCUT2D eigenvalue weighted by Gasteiger charge is -2.11. The Bertz CT molecular complexity index is 754. The van der Waals surface area contributed by atoms with E-state index in [4.69, 9.17) is 4.74 Å². The Labute approximate surface area is 218 Å². The van der Waals surface area contributed by atoms with Crippen LogP contribution in [0.2, 0.25) is 0 Å². The summed E-state index contributed by atoms with van der Waals surface area (Å²) in [7, 11) is 0. The predicted octanol–water partition coefficient (Wildman–Crippen LogP) is 9.84. The lowest BCUT2D eigenvalue weighted by molar-refractivity contribution is 0.184. The highest BCUT2D eigenvalue weighted by atomic mass is 32.2. The van der Waals surface area contributed by atoms with Gasteiger partial charge in [0.05, 0.1) is 0 Å². The molecule has 0 saturated carbocycles. The largest absolute Gasteiger partial charge is 0.491 e. The molecule has 196 valence electrons. The number of thioether (sulfide) groups is 1. The van der Waals surface area contributed by atoms with E-state index in [0.717, 1.165) is 34.9 Å². The van der Waals surface area contributed by atoms with Gasteiger partial charge in [-0.15, -0.1) is 0 Å². The van der Waals surface area contributed by atoms with E-state index in [1.165, 1.54) is 77.0 Å². The van der Waals surface area contributed by atoms with E-state index < -0.39 is 6.17 Å². The zero-order valence-electron chi connectivity index (χ0n) is 22.2. The number of halogens is 1. The minimum atomic E-state index is -0.898. The molecule has 0 bridgehead atoms. The van der Waals surface area contributed by atoms with E-state index in [1.54, 1.807) is 11.8 Å². The second kappa shape index (κ2) is 19.6. The molecule has 1 aromatic heterocycles. The number of benzene rings is 1. The summed E-state index contributed by atoms with van der Waals surface area (Å²) in [4.78, 5) is 9.06. The number of rotatable bonds is 21. The normalized spacial score (nSPS) is 12.1. The monoisotopic (exact) mass is 502 g/mol. The molecule has 1 heterocycles. The molecule has 0 amide bonds. The van der Waals surface area contributed by atoms with Crippen LogP contribution in [0.5, 0.6) is 5.75 Å². The van der Waals surface area contributed by atoms with Crippen molar-refractivity contribution < 1.29 is 9.13 Å². The van der Waals surface area contributed by atoms with E-state index in [9.17, 15) is 4.39 Å². The average molecular weight is 503 g/mol. The summed E-state index contributed by atoms with van der Waals surface area (Å²) in [5.41, 5.74) is 2.03. The summed E-state index contributed by atoms with van der Waals surface area (Å²) in [6, 6.07) is 7.76. The van der Waals surface area contributed by atoms with Crippen LogP contribution in [0.15, 0.2) is 41.8 Å². The predicted molar refractivity (Wildman–Crippen MR) is 149 cm³/mol. The zero-order chi connectivity index (χ0) is 25.0. The molecular weight excluding hydrogens is 455 g/mol. The Kier molecular flexibility index (Phi) is 16.5. The van der Waals surface area contributed by atoms with Crippen molar-refractivity contribution in [1.29, 1.82) is 0 Å². The number of ether oxygens (including phenoxy) is 1. The van der Waals surface area contributed by atoms with Crippen LogP contribution in [0.1, 0.15) is 110 Å². The van der Waals surface area contributed by atoms with Crippen molar-refractivity contribution >= 4 is 11.8 Å². The van der Waals surface area contributed by atoms with Gasteiger partial charge in [0.2, 0.25) is 0 Å². The number of hydrogen-bond donors (Lipinski definition) is 0. The van der Waals surface area contributed by atoms with Crippen molar-refractivity contribution in [3.8, 4) is 16.9 Å². The molecule has 5 heteroatoms. The molecule has 2 rings (SSSR count). The number of unbranched alkanes of at least 4 members (excludes halogenated alkanes) is 12. The molecule has 1 aromatic carbocycles. The summed E-state index contributed by atoms with van der Waals surface area (Å²) in [5, 5.41) is 0.845. The Morgan fingerprint density at radius 3 is 1.86 bits per heavy atom. The van der Waals surface area contributed by atoms with Gasteiger partial charge in [0, 0.05) is 23.7 Å². The molecule has 3 nitrogen and oxygen atoms in total. The van der Waals surface area contributed by atoms with Crippen molar-refractivity contribution in [2.45, 2.75) is 121 Å². The van der Waals surface area contributed by atoms with Crippen molar-refractivity contribution in [2.24, 2.45) is 0 Å². The molecular formula is C30H47FN2OS. The summed E-state index contributed by atoms with van der Waals surface area (Å²) >= 11 is 1.74. The number of nitrogens with zero attached hydrogens (tertiary/aromatic N) is 2. The van der Waals surface area contributed by atoms with Crippen LogP contribution in [-0.2, 0) is 0 Å². The minimum Gasteiger partial charge on any atom is -0.491 e. The Hall–Kier alpha value is -1.62. The van der Waals surface area contributed by atoms with Gasteiger partial charge in [0.1, 0.15) is 18.5 Å². The molecule has 0 aliphatic rings. The highest BCUT2D eigenvalue weighted by Gasteiger charge is 2.08. The fraction of sp³-hybridized carbons (Fsp3) is 0.667. The first kappa shape index (κ1) is 29.6. The molecule has 0 radical (unpaired) electrons. The molecule has 0 saturated heterocycles. The third-order valence-corrected chi connectivity index (χ3v) is 7.31. The Morgan fingerprint density at radius 2 is 1.26 bits per heavy atom. The molecule has 0 spiro atoms. The Balaban J connectivity index is 1.59. The van der Waals surface area contributed by atoms with Gasteiger partial charge < -0.3 is 4.74 Å². The number of aromatic nitrogens is 2. The lowest BCUT2D eigenvalue weighted by atomic mass is 10.1. The molecule has 2 aromatic rings. The fourth-order valence-corrected chi connectivity index (χ4v) is 4.88. The SMILES string of the molecule is CCCCCCCCCCCCSc1ncc(-c2ccc(OCC(F)CCCCCC)cc2)cn1. The van der Waals surface area contributed by atoms with E-state index in [2.05, 4.69) is 23.8 Å². The first-order chi connectivity index (χ1) is 17.2. The first-order valence-corrected chi connectivity index (χ1v) is 15.0. The summed E-state index contributed by atoms with van der Waals surface area (Å²) in [6.07, 6.45) is 21.4. The van der Waals surface area contributed by atoms with Gasteiger partial charge >= 0.3 is 0 Å². The first-order valence-electron chi connectivity index (χ1n) is 14.0. The van der Waals surface area contributed by atoms with Gasteiger partial charge in [-0.05, 0) is 30.5 Å². The molecule has 0 aliphatic carbocycles. The van der Waals surface area contributed by atoms with Gasteiger partial charge in [0.15, 0.2) is 5.16 Å². The van der Waals surface area contributed by atoms with Gasteiger partial charge in [-0.25, -0.2) is 14.4 Å². The van der Waals surface area contributed by atoms with Gasteiger partial charge in [-0.1, -0.05) is 121 Å². The minimum absolute atomic E-state index is 0.125. The van der Waals surface area contributed by atoms with E-state index in [1.807, 2.05) is 36.7 Å². The highest BCUT2D eigenvalue weighted by molar-refractivity contribution is 7.99.